The monoisotopic (exact) mass is 495 g/mol. The van der Waals surface area contributed by atoms with Gasteiger partial charge in [-0.15, -0.1) is 0 Å². The molecule has 4 atom stereocenters. The molecule has 4 unspecified atom stereocenters. The van der Waals surface area contributed by atoms with Crippen LogP contribution in [-0.4, -0.2) is 94.3 Å². The molecule has 4 rings (SSSR count). The number of nitrogens with one attached hydrogen (secondary N) is 1. The number of hydrogen-bond donors (Lipinski definition) is 3. The summed E-state index contributed by atoms with van der Waals surface area (Å²) < 4.78 is 52.2. The van der Waals surface area contributed by atoms with Gasteiger partial charge in [0.1, 0.15) is 23.8 Å². The Morgan fingerprint density at radius 3 is 2.41 bits per heavy atom. The zero-order valence-electron chi connectivity index (χ0n) is 18.9. The molecule has 0 aromatic heterocycles. The van der Waals surface area contributed by atoms with Crippen LogP contribution in [0.5, 0.6) is 5.75 Å². The van der Waals surface area contributed by atoms with Crippen molar-refractivity contribution < 1.29 is 32.5 Å². The average molecular weight is 496 g/mol. The second-order valence-corrected chi connectivity index (χ2v) is 10.1. The van der Waals surface area contributed by atoms with Crippen molar-refractivity contribution in [1.82, 2.24) is 9.62 Å². The van der Waals surface area contributed by atoms with Gasteiger partial charge in [0.05, 0.1) is 36.4 Å². The Balaban J connectivity index is 1.44. The van der Waals surface area contributed by atoms with E-state index in [1.807, 2.05) is 24.3 Å². The molecule has 0 amide bonds. The molecule has 34 heavy (non-hydrogen) atoms. The minimum atomic E-state index is -3.89. The molecule has 0 bridgehead atoms. The van der Waals surface area contributed by atoms with Crippen LogP contribution in [0.25, 0.3) is 0 Å². The SMILES string of the molecule is COc1ccccc1N1CCN(C2C(CNS(=O)(=O)c3ccc(F)cc3)OC(CO)C2O)CC1. The highest BCUT2D eigenvalue weighted by atomic mass is 32.2. The van der Waals surface area contributed by atoms with Crippen molar-refractivity contribution in [3.05, 3.63) is 54.3 Å². The molecule has 2 heterocycles. The molecule has 2 saturated heterocycles. The smallest absolute Gasteiger partial charge is 0.240 e. The number of nitrogens with zero attached hydrogens (tertiary/aromatic N) is 2. The van der Waals surface area contributed by atoms with Crippen molar-refractivity contribution in [3.63, 3.8) is 0 Å². The van der Waals surface area contributed by atoms with Crippen LogP contribution in [0, 0.1) is 5.82 Å². The zero-order valence-corrected chi connectivity index (χ0v) is 19.7. The van der Waals surface area contributed by atoms with E-state index in [-0.39, 0.29) is 18.0 Å². The molecule has 2 aromatic rings. The van der Waals surface area contributed by atoms with Crippen molar-refractivity contribution in [3.8, 4) is 5.75 Å². The minimum absolute atomic E-state index is 0.0619. The third-order valence-corrected chi connectivity index (χ3v) is 7.84. The van der Waals surface area contributed by atoms with E-state index in [0.29, 0.717) is 26.2 Å². The highest BCUT2D eigenvalue weighted by molar-refractivity contribution is 7.89. The standard InChI is InChI=1S/C23H30FN3O6S/c1-32-19-5-3-2-4-18(19)26-10-12-27(13-11-26)22-20(33-21(15-28)23(22)29)14-25-34(30,31)17-8-6-16(24)7-9-17/h2-9,20-23,25,28-29H,10-15H2,1H3. The summed E-state index contributed by atoms with van der Waals surface area (Å²) >= 11 is 0. The van der Waals surface area contributed by atoms with Gasteiger partial charge in [-0.05, 0) is 36.4 Å². The number of halogens is 1. The number of rotatable bonds is 8. The second-order valence-electron chi connectivity index (χ2n) is 8.38. The van der Waals surface area contributed by atoms with Crippen LogP contribution in [0.4, 0.5) is 10.1 Å². The Bertz CT molecular complexity index is 1060. The van der Waals surface area contributed by atoms with E-state index in [4.69, 9.17) is 9.47 Å². The number of piperazine rings is 1. The second kappa shape index (κ2) is 10.5. The number of methoxy groups -OCH3 is 1. The lowest BCUT2D eigenvalue weighted by Gasteiger charge is -2.41. The fourth-order valence-corrected chi connectivity index (χ4v) is 5.68. The molecule has 186 valence electrons. The molecular formula is C23H30FN3O6S. The normalized spacial score (nSPS) is 26.1. The van der Waals surface area contributed by atoms with Crippen molar-refractivity contribution in [2.45, 2.75) is 29.2 Å². The molecule has 3 N–H and O–H groups in total. The first-order valence-electron chi connectivity index (χ1n) is 11.2. The summed E-state index contributed by atoms with van der Waals surface area (Å²) in [6, 6.07) is 11.8. The maximum atomic E-state index is 13.2. The van der Waals surface area contributed by atoms with Crippen molar-refractivity contribution in [2.24, 2.45) is 0 Å². The summed E-state index contributed by atoms with van der Waals surface area (Å²) in [4.78, 5) is 4.21. The van der Waals surface area contributed by atoms with Crippen LogP contribution in [-0.2, 0) is 14.8 Å². The fourth-order valence-electron chi connectivity index (χ4n) is 4.64. The molecule has 2 aliphatic heterocycles. The van der Waals surface area contributed by atoms with E-state index in [0.717, 1.165) is 23.6 Å². The predicted octanol–water partition coefficient (Wildman–Crippen LogP) is 0.424. The van der Waals surface area contributed by atoms with Gasteiger partial charge in [-0.3, -0.25) is 4.90 Å². The number of aliphatic hydroxyl groups excluding tert-OH is 2. The van der Waals surface area contributed by atoms with E-state index >= 15 is 0 Å². The third kappa shape index (κ3) is 5.19. The van der Waals surface area contributed by atoms with Crippen LogP contribution in [0.2, 0.25) is 0 Å². The molecule has 0 aliphatic carbocycles. The Kier molecular flexibility index (Phi) is 7.70. The van der Waals surface area contributed by atoms with E-state index in [2.05, 4.69) is 14.5 Å². The molecular weight excluding hydrogens is 465 g/mol. The zero-order chi connectivity index (χ0) is 24.3. The molecule has 0 spiro atoms. The lowest BCUT2D eigenvalue weighted by Crippen LogP contribution is -2.57. The fraction of sp³-hybridized carbons (Fsp3) is 0.478. The van der Waals surface area contributed by atoms with Crippen LogP contribution in [0.1, 0.15) is 0 Å². The van der Waals surface area contributed by atoms with Crippen molar-refractivity contribution >= 4 is 15.7 Å². The quantitative estimate of drug-likeness (QED) is 0.484. The Morgan fingerprint density at radius 2 is 1.76 bits per heavy atom. The molecule has 2 aliphatic rings. The molecule has 9 nitrogen and oxygen atoms in total. The lowest BCUT2D eigenvalue weighted by molar-refractivity contribution is -0.0201. The number of benzene rings is 2. The Labute approximate surface area is 198 Å². The van der Waals surface area contributed by atoms with Crippen LogP contribution < -0.4 is 14.4 Å². The summed E-state index contributed by atoms with van der Waals surface area (Å²) in [6.45, 7) is 2.12. The topological polar surface area (TPSA) is 112 Å². The van der Waals surface area contributed by atoms with Gasteiger partial charge >= 0.3 is 0 Å². The molecule has 11 heteroatoms. The predicted molar refractivity (Wildman–Crippen MR) is 124 cm³/mol. The van der Waals surface area contributed by atoms with E-state index in [1.54, 1.807) is 7.11 Å². The Morgan fingerprint density at radius 1 is 1.09 bits per heavy atom. The van der Waals surface area contributed by atoms with Gasteiger partial charge in [0.25, 0.3) is 0 Å². The van der Waals surface area contributed by atoms with Gasteiger partial charge in [0.15, 0.2) is 0 Å². The van der Waals surface area contributed by atoms with Crippen LogP contribution in [0.15, 0.2) is 53.4 Å². The van der Waals surface area contributed by atoms with Crippen LogP contribution in [0.3, 0.4) is 0 Å². The largest absolute Gasteiger partial charge is 0.495 e. The summed E-state index contributed by atoms with van der Waals surface area (Å²) in [5, 5.41) is 20.5. The lowest BCUT2D eigenvalue weighted by atomic mass is 10.0. The number of anilines is 1. The van der Waals surface area contributed by atoms with Gasteiger partial charge < -0.3 is 24.6 Å². The van der Waals surface area contributed by atoms with Gasteiger partial charge in [-0.1, -0.05) is 12.1 Å². The molecule has 2 fully saturated rings. The summed E-state index contributed by atoms with van der Waals surface area (Å²) in [5.41, 5.74) is 0.990. The average Bonchev–Trinajstić information content (AvgIpc) is 3.18. The molecule has 0 saturated carbocycles. The number of ether oxygens (including phenoxy) is 2. The maximum Gasteiger partial charge on any atom is 0.240 e. The van der Waals surface area contributed by atoms with E-state index < -0.39 is 40.2 Å². The summed E-state index contributed by atoms with van der Waals surface area (Å²) in [7, 11) is -2.26. The maximum absolute atomic E-state index is 13.2. The van der Waals surface area contributed by atoms with Crippen molar-refractivity contribution in [1.29, 1.82) is 0 Å². The Hall–Kier alpha value is -2.28. The molecule has 2 aromatic carbocycles. The van der Waals surface area contributed by atoms with E-state index in [9.17, 15) is 23.0 Å². The first kappa shape index (κ1) is 24.8. The number of aliphatic hydroxyl groups is 2. The minimum Gasteiger partial charge on any atom is -0.495 e. The van der Waals surface area contributed by atoms with E-state index in [1.165, 1.54) is 12.1 Å². The highest BCUT2D eigenvalue weighted by Crippen LogP contribution is 2.31. The van der Waals surface area contributed by atoms with Gasteiger partial charge in [0.2, 0.25) is 10.0 Å². The van der Waals surface area contributed by atoms with Crippen LogP contribution >= 0.6 is 0 Å². The summed E-state index contributed by atoms with van der Waals surface area (Å²) in [6.07, 6.45) is -2.44. The number of sulfonamides is 1. The van der Waals surface area contributed by atoms with Gasteiger partial charge in [-0.25, -0.2) is 17.5 Å². The summed E-state index contributed by atoms with van der Waals surface area (Å²) in [5.74, 6) is 0.257. The first-order valence-corrected chi connectivity index (χ1v) is 12.6. The van der Waals surface area contributed by atoms with Crippen molar-refractivity contribution in [2.75, 3.05) is 51.3 Å². The highest BCUT2D eigenvalue weighted by Gasteiger charge is 2.47. The first-order chi connectivity index (χ1) is 16.3. The number of hydrogen-bond acceptors (Lipinski definition) is 8. The van der Waals surface area contributed by atoms with Gasteiger partial charge in [0, 0.05) is 32.7 Å². The third-order valence-electron chi connectivity index (χ3n) is 6.40. The number of para-hydroxylation sites is 2. The molecule has 0 radical (unpaired) electrons. The van der Waals surface area contributed by atoms with Gasteiger partial charge in [-0.2, -0.15) is 0 Å².